The number of aliphatic hydroxyl groups excluding tert-OH is 11. The van der Waals surface area contributed by atoms with Crippen molar-refractivity contribution in [1.82, 2.24) is 5.32 Å². The lowest BCUT2D eigenvalue weighted by Gasteiger charge is -2.48. The van der Waals surface area contributed by atoms with Crippen LogP contribution in [0.1, 0.15) is 367 Å². The Kier molecular flexibility index (Phi) is 58.0. The molecule has 0 spiro atoms. The minimum atomic E-state index is -1.98. The lowest BCUT2D eigenvalue weighted by Crippen LogP contribution is -2.66. The molecule has 100 heavy (non-hydrogen) atoms. The van der Waals surface area contributed by atoms with Gasteiger partial charge in [-0.05, 0) is 19.3 Å². The molecule has 0 radical (unpaired) electrons. The third-order valence-corrected chi connectivity index (χ3v) is 21.3. The number of rotatable bonds is 68. The third kappa shape index (κ3) is 42.2. The number of nitrogens with one attached hydrogen (secondary N) is 1. The maximum absolute atomic E-state index is 13.5. The van der Waals surface area contributed by atoms with Crippen molar-refractivity contribution in [3.63, 3.8) is 0 Å². The van der Waals surface area contributed by atoms with Crippen LogP contribution >= 0.6 is 0 Å². The van der Waals surface area contributed by atoms with Crippen molar-refractivity contribution in [3.8, 4) is 0 Å². The molecule has 0 saturated carbocycles. The summed E-state index contributed by atoms with van der Waals surface area (Å²) in [4.78, 5) is 13.5. The molecular formula is C81H155NO18. The first-order valence-corrected chi connectivity index (χ1v) is 41.9. The van der Waals surface area contributed by atoms with E-state index in [0.717, 1.165) is 44.9 Å². The minimum absolute atomic E-state index is 0.250. The average Bonchev–Trinajstić information content (AvgIpc) is 0.782. The van der Waals surface area contributed by atoms with E-state index in [1.807, 2.05) is 6.08 Å². The molecule has 3 heterocycles. The summed E-state index contributed by atoms with van der Waals surface area (Å²) in [6.07, 6.45) is 47.8. The topological polar surface area (TPSA) is 307 Å². The number of carbonyl (C=O) groups excluding carboxylic acids is 1. The first kappa shape index (κ1) is 92.7. The van der Waals surface area contributed by atoms with Gasteiger partial charge in [-0.1, -0.05) is 353 Å². The highest BCUT2D eigenvalue weighted by Crippen LogP contribution is 2.33. The summed E-state index contributed by atoms with van der Waals surface area (Å²) in [5.41, 5.74) is 0. The Labute approximate surface area is 607 Å². The van der Waals surface area contributed by atoms with Crippen LogP contribution in [0.15, 0.2) is 12.2 Å². The summed E-state index contributed by atoms with van der Waals surface area (Å²) in [7, 11) is 0. The van der Waals surface area contributed by atoms with Crippen LogP contribution in [0, 0.1) is 0 Å². The molecule has 0 aliphatic carbocycles. The number of aliphatic hydroxyl groups is 11. The van der Waals surface area contributed by atoms with Crippen molar-refractivity contribution in [1.29, 1.82) is 0 Å². The summed E-state index contributed by atoms with van der Waals surface area (Å²) in [6.45, 7) is 1.81. The maximum atomic E-state index is 13.5. The van der Waals surface area contributed by atoms with Crippen molar-refractivity contribution >= 4 is 5.91 Å². The fraction of sp³-hybridized carbons (Fsp3) is 0.963. The van der Waals surface area contributed by atoms with Gasteiger partial charge >= 0.3 is 0 Å². The molecule has 17 unspecified atom stereocenters. The molecule has 12 N–H and O–H groups in total. The van der Waals surface area contributed by atoms with Crippen LogP contribution in [0.4, 0.5) is 0 Å². The van der Waals surface area contributed by atoms with Crippen molar-refractivity contribution in [3.05, 3.63) is 12.2 Å². The molecule has 0 aromatic rings. The van der Waals surface area contributed by atoms with Gasteiger partial charge in [0.1, 0.15) is 73.2 Å². The quantitative estimate of drug-likeness (QED) is 0.0199. The van der Waals surface area contributed by atoms with E-state index in [9.17, 15) is 61.0 Å². The van der Waals surface area contributed by atoms with Gasteiger partial charge in [0.05, 0.1) is 38.6 Å². The molecule has 17 atom stereocenters. The Balaban J connectivity index is 1.36. The average molecular weight is 1430 g/mol. The van der Waals surface area contributed by atoms with Crippen molar-refractivity contribution in [2.45, 2.75) is 471 Å². The molecule has 0 bridgehead atoms. The van der Waals surface area contributed by atoms with E-state index in [0.29, 0.717) is 6.42 Å². The number of carbonyl (C=O) groups is 1. The van der Waals surface area contributed by atoms with Gasteiger partial charge in [-0.15, -0.1) is 0 Å². The van der Waals surface area contributed by atoms with Crippen LogP contribution in [0.2, 0.25) is 0 Å². The van der Waals surface area contributed by atoms with Gasteiger partial charge in [0.25, 0.3) is 0 Å². The Bertz CT molecular complexity index is 1850. The van der Waals surface area contributed by atoms with Crippen LogP contribution in [-0.2, 0) is 33.2 Å². The summed E-state index contributed by atoms with van der Waals surface area (Å²) >= 11 is 0. The number of hydrogen-bond acceptors (Lipinski definition) is 18. The second-order valence-corrected chi connectivity index (χ2v) is 30.3. The predicted molar refractivity (Wildman–Crippen MR) is 397 cm³/mol. The highest BCUT2D eigenvalue weighted by molar-refractivity contribution is 5.76. The first-order chi connectivity index (χ1) is 48.8. The van der Waals surface area contributed by atoms with Crippen molar-refractivity contribution < 1.29 is 89.4 Å². The van der Waals surface area contributed by atoms with E-state index >= 15 is 0 Å². The Hall–Kier alpha value is -1.47. The van der Waals surface area contributed by atoms with Gasteiger partial charge in [-0.2, -0.15) is 0 Å². The van der Waals surface area contributed by atoms with Crippen molar-refractivity contribution in [2.24, 2.45) is 0 Å². The van der Waals surface area contributed by atoms with Gasteiger partial charge in [-0.25, -0.2) is 0 Å². The van der Waals surface area contributed by atoms with Crippen LogP contribution in [-0.4, -0.2) is 193 Å². The third-order valence-electron chi connectivity index (χ3n) is 21.3. The number of amides is 1. The lowest BCUT2D eigenvalue weighted by atomic mass is 9.96. The fourth-order valence-corrected chi connectivity index (χ4v) is 14.6. The molecule has 3 aliphatic heterocycles. The Morgan fingerprint density at radius 1 is 0.350 bits per heavy atom. The van der Waals surface area contributed by atoms with Gasteiger partial charge in [-0.3, -0.25) is 4.79 Å². The lowest BCUT2D eigenvalue weighted by molar-refractivity contribution is -0.379. The smallest absolute Gasteiger partial charge is 0.220 e. The summed E-state index contributed by atoms with van der Waals surface area (Å²) in [6, 6.07) is -0.970. The highest BCUT2D eigenvalue weighted by Gasteiger charge is 2.54. The molecule has 0 aromatic heterocycles. The SMILES string of the molecule is CCCCCCCCCCCCCCCCCCCCCCCCCC/C=C/C(O)C(COC1OC(CO)C(OC2OC(CO)C(OC3OC(CO)C(O)C(O)C3O)C(O)C2O)C(O)C1O)NC(=O)CCCCCCCCCCCCCCCCCCCCCCCCCCCCCCC. The van der Waals surface area contributed by atoms with Gasteiger partial charge in [0.2, 0.25) is 5.91 Å². The second kappa shape index (κ2) is 62.6. The molecule has 592 valence electrons. The number of unbranched alkanes of at least 4 members (excludes halogenated alkanes) is 52. The molecule has 3 aliphatic rings. The van der Waals surface area contributed by atoms with E-state index in [2.05, 4.69) is 19.2 Å². The fourth-order valence-electron chi connectivity index (χ4n) is 14.6. The van der Waals surface area contributed by atoms with Gasteiger partial charge in [0, 0.05) is 6.42 Å². The molecule has 1 amide bonds. The number of hydrogen-bond donors (Lipinski definition) is 12. The molecular weight excluding hydrogens is 1270 g/mol. The monoisotopic (exact) mass is 1430 g/mol. The van der Waals surface area contributed by atoms with Gasteiger partial charge in [0.15, 0.2) is 18.9 Å². The van der Waals surface area contributed by atoms with Crippen LogP contribution in [0.25, 0.3) is 0 Å². The number of ether oxygens (including phenoxy) is 6. The molecule has 0 aromatic carbocycles. The molecule has 19 nitrogen and oxygen atoms in total. The highest BCUT2D eigenvalue weighted by atomic mass is 16.8. The largest absolute Gasteiger partial charge is 0.394 e. The molecule has 3 rings (SSSR count). The summed E-state index contributed by atoms with van der Waals surface area (Å²) in [5.74, 6) is -0.266. The van der Waals surface area contributed by atoms with Gasteiger partial charge < -0.3 is 89.9 Å². The van der Waals surface area contributed by atoms with E-state index in [-0.39, 0.29) is 18.9 Å². The van der Waals surface area contributed by atoms with Crippen molar-refractivity contribution in [2.75, 3.05) is 26.4 Å². The zero-order valence-electron chi connectivity index (χ0n) is 63.5. The van der Waals surface area contributed by atoms with Crippen LogP contribution < -0.4 is 5.32 Å². The first-order valence-electron chi connectivity index (χ1n) is 41.9. The van der Waals surface area contributed by atoms with Crippen LogP contribution in [0.5, 0.6) is 0 Å². The summed E-state index contributed by atoms with van der Waals surface area (Å²) in [5, 5.41) is 121. The standard InChI is InChI=1S/C81H155NO18/c1-3-5-7-9-11-13-15-17-19-21-23-25-27-29-31-32-33-35-37-39-41-43-45-47-49-51-53-55-57-59-69(87)82-64(65(86)58-56-54-52-50-48-46-44-42-40-38-36-34-30-28-26-24-22-20-18-16-14-12-10-8-6-4-2)63-95-79-75(93)72(90)77(67(61-84)97-79)100-81-76(94)73(91)78(68(62-85)98-81)99-80-74(92)71(89)70(88)66(60-83)96-80/h56,58,64-68,70-81,83-86,88-94H,3-55,57,59-63H2,1-2H3,(H,82,87)/b58-56+. The summed E-state index contributed by atoms with van der Waals surface area (Å²) < 4.78 is 34.5. The zero-order valence-corrected chi connectivity index (χ0v) is 63.5. The zero-order chi connectivity index (χ0) is 72.5. The van der Waals surface area contributed by atoms with Crippen LogP contribution in [0.3, 0.4) is 0 Å². The maximum Gasteiger partial charge on any atom is 0.220 e. The van der Waals surface area contributed by atoms with E-state index in [1.165, 1.54) is 295 Å². The van der Waals surface area contributed by atoms with E-state index in [4.69, 9.17) is 28.4 Å². The predicted octanol–water partition coefficient (Wildman–Crippen LogP) is 14.3. The Morgan fingerprint density at radius 3 is 0.940 bits per heavy atom. The molecule has 3 fully saturated rings. The van der Waals surface area contributed by atoms with E-state index < -0.39 is 124 Å². The number of allylic oxidation sites excluding steroid dienone is 1. The van der Waals surface area contributed by atoms with E-state index in [1.54, 1.807) is 6.08 Å². The molecule has 3 saturated heterocycles. The second-order valence-electron chi connectivity index (χ2n) is 30.3. The molecule has 19 heteroatoms. The minimum Gasteiger partial charge on any atom is -0.394 e. The normalized spacial score (nSPS) is 26.4. The Morgan fingerprint density at radius 2 is 0.620 bits per heavy atom.